The summed E-state index contributed by atoms with van der Waals surface area (Å²) in [6, 6.07) is 13.9. The Hall–Kier alpha value is -2.99. The molecule has 0 saturated heterocycles. The number of amides is 1. The molecule has 1 aromatic carbocycles. The fraction of sp³-hybridized carbons (Fsp3) is 0.318. The van der Waals surface area contributed by atoms with Crippen molar-refractivity contribution in [1.29, 1.82) is 0 Å². The van der Waals surface area contributed by atoms with E-state index in [4.69, 9.17) is 4.52 Å². The summed E-state index contributed by atoms with van der Waals surface area (Å²) in [4.78, 5) is 21.0. The minimum absolute atomic E-state index is 0.108. The summed E-state index contributed by atoms with van der Waals surface area (Å²) in [6.07, 6.45) is 3.76. The lowest BCUT2D eigenvalue weighted by molar-refractivity contribution is -0.119. The Balaban J connectivity index is 1.40. The van der Waals surface area contributed by atoms with E-state index in [-0.39, 0.29) is 5.91 Å². The van der Waals surface area contributed by atoms with Gasteiger partial charge < -0.3 is 9.42 Å². The van der Waals surface area contributed by atoms with Gasteiger partial charge in [-0.25, -0.2) is 0 Å². The summed E-state index contributed by atoms with van der Waals surface area (Å²) < 4.78 is 5.43. The number of anilines is 1. The van der Waals surface area contributed by atoms with Crippen LogP contribution in [0.1, 0.15) is 23.3 Å². The molecule has 1 aliphatic rings. The molecule has 1 aliphatic heterocycles. The molecular formula is C22H24N4O2. The lowest BCUT2D eigenvalue weighted by Crippen LogP contribution is -2.41. The molecule has 0 unspecified atom stereocenters. The third-order valence-corrected chi connectivity index (χ3v) is 4.97. The number of carbonyl (C=O) groups excluding carboxylic acids is 1. The second kappa shape index (κ2) is 7.94. The highest BCUT2D eigenvalue weighted by atomic mass is 16.5. The van der Waals surface area contributed by atoms with E-state index in [1.165, 1.54) is 11.1 Å². The van der Waals surface area contributed by atoms with Crippen LogP contribution < -0.4 is 4.90 Å². The highest BCUT2D eigenvalue weighted by Gasteiger charge is 2.23. The first kappa shape index (κ1) is 18.4. The zero-order chi connectivity index (χ0) is 19.5. The average Bonchev–Trinajstić information content (AvgIpc) is 3.16. The second-order valence-corrected chi connectivity index (χ2v) is 7.35. The molecule has 6 nitrogen and oxygen atoms in total. The smallest absolute Gasteiger partial charge is 0.241 e. The van der Waals surface area contributed by atoms with Gasteiger partial charge in [-0.2, -0.15) is 0 Å². The first-order chi connectivity index (χ1) is 13.6. The Morgan fingerprint density at radius 1 is 1.21 bits per heavy atom. The third kappa shape index (κ3) is 3.97. The SMILES string of the molecule is Cc1ccc2c(c1)CCCN2C(=O)CN(C)Cc1cc(-c2ccccn2)no1. The summed E-state index contributed by atoms with van der Waals surface area (Å²) >= 11 is 0. The van der Waals surface area contributed by atoms with Crippen molar-refractivity contribution in [3.8, 4) is 11.4 Å². The first-order valence-corrected chi connectivity index (χ1v) is 9.55. The van der Waals surface area contributed by atoms with Gasteiger partial charge in [0.15, 0.2) is 5.76 Å². The fourth-order valence-corrected chi connectivity index (χ4v) is 3.65. The number of likely N-dealkylation sites (N-methyl/N-ethyl adjacent to an activating group) is 1. The largest absolute Gasteiger partial charge is 0.359 e. The van der Waals surface area contributed by atoms with Crippen molar-refractivity contribution in [2.75, 3.05) is 25.0 Å². The van der Waals surface area contributed by atoms with Crippen LogP contribution in [-0.2, 0) is 17.8 Å². The summed E-state index contributed by atoms with van der Waals surface area (Å²) in [7, 11) is 1.92. The fourth-order valence-electron chi connectivity index (χ4n) is 3.65. The maximum Gasteiger partial charge on any atom is 0.241 e. The lowest BCUT2D eigenvalue weighted by Gasteiger charge is -2.31. The summed E-state index contributed by atoms with van der Waals surface area (Å²) in [5.41, 5.74) is 5.02. The Kier molecular flexibility index (Phi) is 5.21. The number of benzene rings is 1. The van der Waals surface area contributed by atoms with Gasteiger partial charge in [0, 0.05) is 24.5 Å². The molecule has 28 heavy (non-hydrogen) atoms. The number of hydrogen-bond donors (Lipinski definition) is 0. The monoisotopic (exact) mass is 376 g/mol. The molecular weight excluding hydrogens is 352 g/mol. The quantitative estimate of drug-likeness (QED) is 0.682. The van der Waals surface area contributed by atoms with Crippen LogP contribution in [-0.4, -0.2) is 41.1 Å². The zero-order valence-corrected chi connectivity index (χ0v) is 16.3. The van der Waals surface area contributed by atoms with Crippen LogP contribution in [0.2, 0.25) is 0 Å². The number of pyridine rings is 1. The van der Waals surface area contributed by atoms with E-state index in [1.54, 1.807) is 6.20 Å². The van der Waals surface area contributed by atoms with Gasteiger partial charge >= 0.3 is 0 Å². The van der Waals surface area contributed by atoms with Crippen molar-refractivity contribution in [2.24, 2.45) is 0 Å². The van der Waals surface area contributed by atoms with Gasteiger partial charge in [0.05, 0.1) is 18.8 Å². The molecule has 2 aromatic heterocycles. The molecule has 0 bridgehead atoms. The van der Waals surface area contributed by atoms with E-state index in [9.17, 15) is 4.79 Å². The average molecular weight is 376 g/mol. The predicted molar refractivity (Wildman–Crippen MR) is 108 cm³/mol. The van der Waals surface area contributed by atoms with Crippen LogP contribution in [0.5, 0.6) is 0 Å². The summed E-state index contributed by atoms with van der Waals surface area (Å²) in [6.45, 7) is 3.70. The maximum atomic E-state index is 12.9. The topological polar surface area (TPSA) is 62.5 Å². The molecule has 0 N–H and O–H groups in total. The number of aryl methyl sites for hydroxylation is 2. The van der Waals surface area contributed by atoms with Gasteiger partial charge in [-0.15, -0.1) is 0 Å². The lowest BCUT2D eigenvalue weighted by atomic mass is 9.99. The Morgan fingerprint density at radius 3 is 2.93 bits per heavy atom. The predicted octanol–water partition coefficient (Wildman–Crippen LogP) is 3.46. The Labute approximate surface area is 164 Å². The van der Waals surface area contributed by atoms with E-state index < -0.39 is 0 Å². The van der Waals surface area contributed by atoms with Crippen molar-refractivity contribution in [3.63, 3.8) is 0 Å². The molecule has 6 heteroatoms. The van der Waals surface area contributed by atoms with E-state index in [0.717, 1.165) is 30.8 Å². The molecule has 0 saturated carbocycles. The van der Waals surface area contributed by atoms with E-state index in [2.05, 4.69) is 35.3 Å². The van der Waals surface area contributed by atoms with Crippen LogP contribution in [0, 0.1) is 6.92 Å². The van der Waals surface area contributed by atoms with Crippen LogP contribution in [0.25, 0.3) is 11.4 Å². The molecule has 0 spiro atoms. The van der Waals surface area contributed by atoms with Crippen LogP contribution >= 0.6 is 0 Å². The van der Waals surface area contributed by atoms with Gasteiger partial charge in [-0.3, -0.25) is 14.7 Å². The van der Waals surface area contributed by atoms with E-state index in [0.29, 0.717) is 24.5 Å². The number of fused-ring (bicyclic) bond motifs is 1. The molecule has 3 heterocycles. The Morgan fingerprint density at radius 2 is 2.11 bits per heavy atom. The molecule has 1 amide bonds. The minimum atomic E-state index is 0.108. The number of hydrogen-bond acceptors (Lipinski definition) is 5. The van der Waals surface area contributed by atoms with Gasteiger partial charge in [0.25, 0.3) is 0 Å². The normalized spacial score (nSPS) is 13.6. The molecule has 3 aromatic rings. The van der Waals surface area contributed by atoms with E-state index in [1.807, 2.05) is 41.1 Å². The molecule has 0 radical (unpaired) electrons. The molecule has 0 aliphatic carbocycles. The highest BCUT2D eigenvalue weighted by molar-refractivity contribution is 5.96. The molecule has 4 rings (SSSR count). The van der Waals surface area contributed by atoms with Crippen molar-refractivity contribution in [2.45, 2.75) is 26.3 Å². The number of carbonyl (C=O) groups is 1. The van der Waals surface area contributed by atoms with E-state index >= 15 is 0 Å². The van der Waals surface area contributed by atoms with Gasteiger partial charge in [0.1, 0.15) is 5.69 Å². The first-order valence-electron chi connectivity index (χ1n) is 9.55. The summed E-state index contributed by atoms with van der Waals surface area (Å²) in [5, 5.41) is 4.09. The van der Waals surface area contributed by atoms with Gasteiger partial charge in [-0.05, 0) is 50.6 Å². The molecule has 0 atom stereocenters. The third-order valence-electron chi connectivity index (χ3n) is 4.97. The van der Waals surface area contributed by atoms with Gasteiger partial charge in [-0.1, -0.05) is 28.9 Å². The van der Waals surface area contributed by atoms with Crippen molar-refractivity contribution in [1.82, 2.24) is 15.0 Å². The van der Waals surface area contributed by atoms with Crippen LogP contribution in [0.4, 0.5) is 5.69 Å². The van der Waals surface area contributed by atoms with Crippen molar-refractivity contribution < 1.29 is 9.32 Å². The van der Waals surface area contributed by atoms with Crippen LogP contribution in [0.3, 0.4) is 0 Å². The second-order valence-electron chi connectivity index (χ2n) is 7.35. The highest BCUT2D eigenvalue weighted by Crippen LogP contribution is 2.28. The van der Waals surface area contributed by atoms with Gasteiger partial charge in [0.2, 0.25) is 5.91 Å². The zero-order valence-electron chi connectivity index (χ0n) is 16.3. The molecule has 144 valence electrons. The maximum absolute atomic E-state index is 12.9. The standard InChI is InChI=1S/C22H24N4O2/c1-16-8-9-21-17(12-16)6-5-11-26(21)22(27)15-25(2)14-18-13-20(24-28-18)19-7-3-4-10-23-19/h3-4,7-10,12-13H,5-6,11,14-15H2,1-2H3. The van der Waals surface area contributed by atoms with Crippen molar-refractivity contribution in [3.05, 3.63) is 65.5 Å². The Bertz CT molecular complexity index is 968. The minimum Gasteiger partial charge on any atom is -0.359 e. The summed E-state index contributed by atoms with van der Waals surface area (Å²) in [5.74, 6) is 0.822. The number of nitrogens with zero attached hydrogens (tertiary/aromatic N) is 4. The van der Waals surface area contributed by atoms with Crippen LogP contribution in [0.15, 0.2) is 53.2 Å². The molecule has 0 fully saturated rings. The number of aromatic nitrogens is 2. The number of rotatable bonds is 5. The van der Waals surface area contributed by atoms with Crippen molar-refractivity contribution >= 4 is 11.6 Å².